The zero-order chi connectivity index (χ0) is 28.5. The van der Waals surface area contributed by atoms with Crippen molar-refractivity contribution in [3.63, 3.8) is 0 Å². The third-order valence-corrected chi connectivity index (χ3v) is 7.95. The molecule has 3 N–H and O–H groups in total. The smallest absolute Gasteiger partial charge is 0.259 e. The molecule has 0 aliphatic carbocycles. The average Bonchev–Trinajstić information content (AvgIpc) is 3.71. The van der Waals surface area contributed by atoms with Crippen molar-refractivity contribution in [2.24, 2.45) is 5.73 Å². The Kier molecular flexibility index (Phi) is 7.21. The molecule has 0 bridgehead atoms. The number of nitrogens with two attached hydrogens (primary N) is 1. The summed E-state index contributed by atoms with van der Waals surface area (Å²) in [6, 6.07) is 28.9. The zero-order valence-corrected chi connectivity index (χ0v) is 23.0. The van der Waals surface area contributed by atoms with Crippen molar-refractivity contribution in [3.05, 3.63) is 113 Å². The molecule has 1 amide bonds. The summed E-state index contributed by atoms with van der Waals surface area (Å²) < 4.78 is 24.0. The minimum absolute atomic E-state index is 0.0494. The molecule has 4 heterocycles. The van der Waals surface area contributed by atoms with Crippen LogP contribution in [-0.2, 0) is 29.2 Å². The number of nitrogens with zero attached hydrogens (tertiary/aromatic N) is 2. The van der Waals surface area contributed by atoms with Crippen LogP contribution in [0.1, 0.15) is 27.0 Å². The van der Waals surface area contributed by atoms with Crippen LogP contribution in [-0.4, -0.2) is 48.4 Å². The van der Waals surface area contributed by atoms with E-state index in [0.717, 1.165) is 22.4 Å². The van der Waals surface area contributed by atoms with Crippen molar-refractivity contribution >= 4 is 17.3 Å². The maximum Gasteiger partial charge on any atom is 0.259 e. The lowest BCUT2D eigenvalue weighted by Crippen LogP contribution is -2.38. The van der Waals surface area contributed by atoms with Gasteiger partial charge in [0.05, 0.1) is 31.8 Å². The second-order valence-corrected chi connectivity index (χ2v) is 10.8. The van der Waals surface area contributed by atoms with Crippen LogP contribution >= 0.6 is 0 Å². The maximum atomic E-state index is 13.8. The fraction of sp³-hybridized carbons (Fsp3) is 0.273. The first-order valence-electron chi connectivity index (χ1n) is 14.2. The van der Waals surface area contributed by atoms with Gasteiger partial charge in [-0.15, -0.1) is 0 Å². The molecule has 2 fully saturated rings. The number of anilines is 2. The molecule has 2 saturated heterocycles. The highest BCUT2D eigenvalue weighted by Crippen LogP contribution is 2.39. The fourth-order valence-electron chi connectivity index (χ4n) is 5.78. The molecule has 3 aromatic carbocycles. The van der Waals surface area contributed by atoms with E-state index in [2.05, 4.69) is 5.32 Å². The molecule has 1 aromatic heterocycles. The molecule has 9 heteroatoms. The Morgan fingerprint density at radius 1 is 0.833 bits per heavy atom. The van der Waals surface area contributed by atoms with Crippen molar-refractivity contribution < 1.29 is 23.7 Å². The number of carbonyl (C=O) groups is 1. The molecule has 42 heavy (non-hydrogen) atoms. The van der Waals surface area contributed by atoms with Crippen LogP contribution in [0.5, 0.6) is 11.8 Å². The van der Waals surface area contributed by atoms with E-state index in [1.165, 1.54) is 0 Å². The standard InChI is InChI=1S/C33H32N4O5/c34-25-19-40-31-27(20-41-30(25)31)35-26-13-7-12-23-24(26)16-37(33(23)38)28-14-15-29(39-17-21-8-3-1-4-9-21)36-32(28)42-18-22-10-5-2-6-11-22/h1-15,25,27,30-31,35H,16-20,34H2/t25-,27-,30+,31+/m0/s1. The Balaban J connectivity index is 1.14. The van der Waals surface area contributed by atoms with Crippen LogP contribution in [0.25, 0.3) is 0 Å². The molecular weight excluding hydrogens is 532 g/mol. The quantitative estimate of drug-likeness (QED) is 0.310. The van der Waals surface area contributed by atoms with Crippen molar-refractivity contribution in [3.8, 4) is 11.8 Å². The molecule has 3 aliphatic rings. The molecule has 9 nitrogen and oxygen atoms in total. The van der Waals surface area contributed by atoms with E-state index in [9.17, 15) is 4.79 Å². The first-order valence-corrected chi connectivity index (χ1v) is 14.2. The number of hydrogen-bond acceptors (Lipinski definition) is 8. The van der Waals surface area contributed by atoms with Gasteiger partial charge >= 0.3 is 0 Å². The third kappa shape index (κ3) is 5.18. The first kappa shape index (κ1) is 26.5. The zero-order valence-electron chi connectivity index (χ0n) is 23.0. The normalized spacial score (nSPS) is 22.6. The minimum Gasteiger partial charge on any atom is -0.473 e. The number of aromatic nitrogens is 1. The second-order valence-electron chi connectivity index (χ2n) is 10.8. The summed E-state index contributed by atoms with van der Waals surface area (Å²) in [6.07, 6.45) is -0.231. The van der Waals surface area contributed by atoms with Gasteiger partial charge in [0.25, 0.3) is 5.91 Å². The number of benzene rings is 3. The maximum absolute atomic E-state index is 13.8. The fourth-order valence-corrected chi connectivity index (χ4v) is 5.78. The Labute approximate surface area is 244 Å². The number of pyridine rings is 1. The average molecular weight is 565 g/mol. The van der Waals surface area contributed by atoms with E-state index >= 15 is 0 Å². The van der Waals surface area contributed by atoms with Gasteiger partial charge in [-0.3, -0.25) is 9.69 Å². The van der Waals surface area contributed by atoms with Crippen LogP contribution in [0.3, 0.4) is 0 Å². The second kappa shape index (κ2) is 11.4. The minimum atomic E-state index is -0.123. The van der Waals surface area contributed by atoms with Crippen molar-refractivity contribution in [2.75, 3.05) is 23.4 Å². The Morgan fingerprint density at radius 3 is 2.31 bits per heavy atom. The van der Waals surface area contributed by atoms with Crippen LogP contribution in [0.2, 0.25) is 0 Å². The van der Waals surface area contributed by atoms with Gasteiger partial charge in [-0.2, -0.15) is 4.98 Å². The summed E-state index contributed by atoms with van der Waals surface area (Å²) in [7, 11) is 0. The summed E-state index contributed by atoms with van der Waals surface area (Å²) >= 11 is 0. The molecule has 4 atom stereocenters. The van der Waals surface area contributed by atoms with Crippen LogP contribution in [0, 0.1) is 0 Å². The van der Waals surface area contributed by atoms with Crippen LogP contribution in [0.15, 0.2) is 91.0 Å². The number of carbonyl (C=O) groups excluding carboxylic acids is 1. The first-order chi connectivity index (χ1) is 20.6. The third-order valence-electron chi connectivity index (χ3n) is 7.95. The van der Waals surface area contributed by atoms with Crippen molar-refractivity contribution in [2.45, 2.75) is 44.1 Å². The van der Waals surface area contributed by atoms with E-state index in [-0.39, 0.29) is 30.2 Å². The van der Waals surface area contributed by atoms with Crippen molar-refractivity contribution in [1.29, 1.82) is 0 Å². The molecule has 7 rings (SSSR count). The molecule has 0 spiro atoms. The van der Waals surface area contributed by atoms with E-state index in [1.54, 1.807) is 11.0 Å². The predicted octanol–water partition coefficient (Wildman–Crippen LogP) is 4.31. The lowest BCUT2D eigenvalue weighted by Gasteiger charge is -2.21. The molecule has 214 valence electrons. The number of rotatable bonds is 9. The van der Waals surface area contributed by atoms with Gasteiger partial charge in [0, 0.05) is 22.9 Å². The Bertz CT molecular complexity index is 1570. The van der Waals surface area contributed by atoms with Gasteiger partial charge in [-0.05, 0) is 29.3 Å². The summed E-state index contributed by atoms with van der Waals surface area (Å²) in [6.45, 7) is 2.02. The molecule has 0 unspecified atom stereocenters. The van der Waals surface area contributed by atoms with Gasteiger partial charge < -0.3 is 30.0 Å². The Hall–Kier alpha value is -4.44. The van der Waals surface area contributed by atoms with E-state index in [0.29, 0.717) is 56.0 Å². The number of nitrogens with one attached hydrogen (secondary N) is 1. The lowest BCUT2D eigenvalue weighted by molar-refractivity contribution is 0.0699. The van der Waals surface area contributed by atoms with Gasteiger partial charge in [0.1, 0.15) is 31.1 Å². The molecule has 4 aromatic rings. The highest BCUT2D eigenvalue weighted by atomic mass is 16.6. The number of ether oxygens (including phenoxy) is 4. The highest BCUT2D eigenvalue weighted by molar-refractivity contribution is 6.11. The molecular formula is C33H32N4O5. The summed E-state index contributed by atoms with van der Waals surface area (Å²) in [5, 5.41) is 3.58. The lowest BCUT2D eigenvalue weighted by atomic mass is 10.0. The Morgan fingerprint density at radius 2 is 1.55 bits per heavy atom. The largest absolute Gasteiger partial charge is 0.473 e. The topological polar surface area (TPSA) is 108 Å². The number of amides is 1. The highest BCUT2D eigenvalue weighted by Gasteiger charge is 2.46. The predicted molar refractivity (Wildman–Crippen MR) is 158 cm³/mol. The van der Waals surface area contributed by atoms with Crippen LogP contribution in [0.4, 0.5) is 11.4 Å². The number of hydrogen-bond donors (Lipinski definition) is 2. The van der Waals surface area contributed by atoms with Gasteiger partial charge in [-0.1, -0.05) is 66.7 Å². The van der Waals surface area contributed by atoms with Gasteiger partial charge in [0.15, 0.2) is 0 Å². The van der Waals surface area contributed by atoms with E-state index < -0.39 is 0 Å². The van der Waals surface area contributed by atoms with Gasteiger partial charge in [-0.25, -0.2) is 0 Å². The monoisotopic (exact) mass is 564 g/mol. The van der Waals surface area contributed by atoms with E-state index in [1.807, 2.05) is 84.9 Å². The SMILES string of the molecule is N[C@H]1CO[C@H]2[C@@H]1OC[C@@H]2Nc1cccc2c1CN(c1ccc(OCc3ccccc3)nc1OCc1ccccc1)C2=O. The molecule has 0 saturated carbocycles. The summed E-state index contributed by atoms with van der Waals surface area (Å²) in [5.41, 5.74) is 11.2. The van der Waals surface area contributed by atoms with Crippen LogP contribution < -0.4 is 25.4 Å². The van der Waals surface area contributed by atoms with Crippen molar-refractivity contribution in [1.82, 2.24) is 4.98 Å². The van der Waals surface area contributed by atoms with Gasteiger partial charge in [0.2, 0.25) is 11.8 Å². The molecule has 0 radical (unpaired) electrons. The summed E-state index contributed by atoms with van der Waals surface area (Å²) in [4.78, 5) is 20.2. The summed E-state index contributed by atoms with van der Waals surface area (Å²) in [5.74, 6) is 0.640. The van der Waals surface area contributed by atoms with E-state index in [4.69, 9.17) is 29.7 Å². The number of fused-ring (bicyclic) bond motifs is 2. The molecule has 3 aliphatic heterocycles.